The van der Waals surface area contributed by atoms with E-state index < -0.39 is 23.6 Å². The van der Waals surface area contributed by atoms with Gasteiger partial charge in [-0.1, -0.05) is 44.6 Å². The molecule has 0 unspecified atom stereocenters. The Morgan fingerprint density at radius 3 is 2.13 bits per heavy atom. The highest BCUT2D eigenvalue weighted by Crippen LogP contribution is 2.38. The van der Waals surface area contributed by atoms with Gasteiger partial charge in [-0.25, -0.2) is 0 Å². The lowest BCUT2D eigenvalue weighted by molar-refractivity contribution is -0.141. The third kappa shape index (κ3) is 8.05. The zero-order valence-corrected chi connectivity index (χ0v) is 14.3. The van der Waals surface area contributed by atoms with E-state index in [0.717, 1.165) is 13.0 Å². The Hall–Kier alpha value is -1.52. The number of aliphatic carboxylic acids is 1. The molecule has 0 spiro atoms. The van der Waals surface area contributed by atoms with E-state index in [9.17, 15) is 18.0 Å². The van der Waals surface area contributed by atoms with Gasteiger partial charge in [-0.3, -0.25) is 4.79 Å². The number of allylic oxidation sites excluding steroid dienone is 6. The second-order valence-electron chi connectivity index (χ2n) is 5.77. The molecule has 1 N–H and O–H groups in total. The molecule has 0 aromatic heterocycles. The van der Waals surface area contributed by atoms with Crippen LogP contribution in [0.5, 0.6) is 0 Å². The molecule has 5 heteroatoms. The maximum absolute atomic E-state index is 12.6. The third-order valence-electron chi connectivity index (χ3n) is 3.56. The molecule has 0 radical (unpaired) electrons. The number of hydrogen-bond acceptors (Lipinski definition) is 1. The smallest absolute Gasteiger partial charge is 0.412 e. The third-order valence-corrected chi connectivity index (χ3v) is 3.56. The Bertz CT molecular complexity index is 459. The van der Waals surface area contributed by atoms with Crippen LogP contribution in [0.25, 0.3) is 0 Å². The Balaban J connectivity index is 0.00000149. The van der Waals surface area contributed by atoms with Gasteiger partial charge in [0.05, 0.1) is 5.92 Å². The Morgan fingerprint density at radius 2 is 1.74 bits per heavy atom. The van der Waals surface area contributed by atoms with Gasteiger partial charge in [0, 0.05) is 5.57 Å². The lowest BCUT2D eigenvalue weighted by Crippen LogP contribution is -2.12. The quantitative estimate of drug-likeness (QED) is 0.649. The summed E-state index contributed by atoms with van der Waals surface area (Å²) in [6, 6.07) is 0. The van der Waals surface area contributed by atoms with Gasteiger partial charge in [-0.05, 0) is 44.6 Å². The summed E-state index contributed by atoms with van der Waals surface area (Å²) in [6.07, 6.45) is 4.64. The highest BCUT2D eigenvalue weighted by Gasteiger charge is 2.33. The summed E-state index contributed by atoms with van der Waals surface area (Å²) in [7, 11) is 0. The summed E-state index contributed by atoms with van der Waals surface area (Å²) in [5.74, 6) is -1.44. The normalized spacial score (nSPS) is 22.9. The molecule has 0 bridgehead atoms. The van der Waals surface area contributed by atoms with E-state index in [1.807, 2.05) is 0 Å². The fourth-order valence-electron chi connectivity index (χ4n) is 2.35. The number of alkyl halides is 3. The van der Waals surface area contributed by atoms with Gasteiger partial charge in [-0.15, -0.1) is 0 Å². The molecule has 2 nitrogen and oxygen atoms in total. The lowest BCUT2D eigenvalue weighted by Gasteiger charge is -2.14. The van der Waals surface area contributed by atoms with E-state index in [1.54, 1.807) is 25.2 Å². The van der Waals surface area contributed by atoms with Gasteiger partial charge >= 0.3 is 12.1 Å². The van der Waals surface area contributed by atoms with Gasteiger partial charge in [0.1, 0.15) is 0 Å². The first-order valence-electron chi connectivity index (χ1n) is 7.98. The minimum absolute atomic E-state index is 0.121. The van der Waals surface area contributed by atoms with Crippen molar-refractivity contribution in [2.75, 3.05) is 0 Å². The van der Waals surface area contributed by atoms with Crippen LogP contribution >= 0.6 is 0 Å². The van der Waals surface area contributed by atoms with E-state index in [0.29, 0.717) is 24.8 Å². The first-order chi connectivity index (χ1) is 10.7. The molecule has 2 atom stereocenters. The number of halogens is 3. The summed E-state index contributed by atoms with van der Waals surface area (Å²) in [5.41, 5.74) is -0.103. The van der Waals surface area contributed by atoms with Gasteiger partial charge < -0.3 is 5.11 Å². The summed E-state index contributed by atoms with van der Waals surface area (Å²) in [4.78, 5) is 10.9. The van der Waals surface area contributed by atoms with Crippen molar-refractivity contribution in [3.8, 4) is 0 Å². The summed E-state index contributed by atoms with van der Waals surface area (Å²) < 4.78 is 37.8. The summed E-state index contributed by atoms with van der Waals surface area (Å²) in [6.45, 7) is 7.07. The molecular formula is C18H27F3O2. The Kier molecular flexibility index (Phi) is 9.61. The Labute approximate surface area is 136 Å². The average molecular weight is 332 g/mol. The van der Waals surface area contributed by atoms with Crippen molar-refractivity contribution in [3.63, 3.8) is 0 Å². The molecule has 0 saturated heterocycles. The number of carboxylic acids is 1. The molecule has 0 aliphatic heterocycles. The van der Waals surface area contributed by atoms with Crippen molar-refractivity contribution >= 4 is 5.97 Å². The number of carboxylic acid groups (broad SMARTS) is 1. The van der Waals surface area contributed by atoms with Crippen molar-refractivity contribution in [2.45, 2.75) is 59.6 Å². The van der Waals surface area contributed by atoms with E-state index in [1.165, 1.54) is 6.42 Å². The zero-order valence-electron chi connectivity index (χ0n) is 14.3. The van der Waals surface area contributed by atoms with Gasteiger partial charge in [0.15, 0.2) is 0 Å². The van der Waals surface area contributed by atoms with Crippen molar-refractivity contribution in [3.05, 3.63) is 35.5 Å². The largest absolute Gasteiger partial charge is 0.481 e. The number of rotatable bonds is 4. The molecule has 23 heavy (non-hydrogen) atoms. The minimum Gasteiger partial charge on any atom is -0.481 e. The second kappa shape index (κ2) is 10.3. The first kappa shape index (κ1) is 21.5. The zero-order chi connectivity index (χ0) is 18.0. The van der Waals surface area contributed by atoms with Crippen LogP contribution in [-0.4, -0.2) is 17.3 Å². The van der Waals surface area contributed by atoms with E-state index in [2.05, 4.69) is 13.8 Å². The molecule has 1 aliphatic carbocycles. The minimum atomic E-state index is -4.35. The average Bonchev–Trinajstić information content (AvgIpc) is 2.92. The van der Waals surface area contributed by atoms with Crippen LogP contribution in [-0.2, 0) is 4.79 Å². The van der Waals surface area contributed by atoms with E-state index >= 15 is 0 Å². The maximum atomic E-state index is 12.6. The highest BCUT2D eigenvalue weighted by atomic mass is 19.4. The molecule has 0 heterocycles. The number of carbonyl (C=O) groups is 1. The van der Waals surface area contributed by atoms with E-state index in [-0.39, 0.29) is 5.92 Å². The molecule has 1 saturated carbocycles. The fourth-order valence-corrected chi connectivity index (χ4v) is 2.35. The standard InChI is InChI=1S/C15H19F3O2.C3H8/c1-3-4-5-11(8-10(2)15(16,17)18)12-6-7-13(9-12)14(19)20;1-3-2/h3-5,8,12-13H,6-7,9H2,1-2H3,(H,19,20);3H2,1-2H3/b4-3?,10-8+,11-5+;/t12-,13-;/m1./s1. The fraction of sp³-hybridized carbons (Fsp3) is 0.611. The molecule has 1 fully saturated rings. The molecule has 132 valence electrons. The van der Waals surface area contributed by atoms with Crippen LogP contribution in [0.4, 0.5) is 13.2 Å². The predicted octanol–water partition coefficient (Wildman–Crippen LogP) is 5.91. The van der Waals surface area contributed by atoms with Gasteiger partial charge in [0.2, 0.25) is 0 Å². The van der Waals surface area contributed by atoms with Crippen molar-refractivity contribution in [2.24, 2.45) is 11.8 Å². The molecular weight excluding hydrogens is 305 g/mol. The Morgan fingerprint density at radius 1 is 1.22 bits per heavy atom. The van der Waals surface area contributed by atoms with E-state index in [4.69, 9.17) is 5.11 Å². The maximum Gasteiger partial charge on any atom is 0.412 e. The highest BCUT2D eigenvalue weighted by molar-refractivity contribution is 5.70. The molecule has 1 rings (SSSR count). The van der Waals surface area contributed by atoms with Crippen molar-refractivity contribution in [1.82, 2.24) is 0 Å². The topological polar surface area (TPSA) is 37.3 Å². The van der Waals surface area contributed by atoms with Crippen LogP contribution in [0.3, 0.4) is 0 Å². The monoisotopic (exact) mass is 332 g/mol. The van der Waals surface area contributed by atoms with Crippen LogP contribution in [0.15, 0.2) is 35.5 Å². The number of hydrogen-bond donors (Lipinski definition) is 1. The van der Waals surface area contributed by atoms with Crippen molar-refractivity contribution < 1.29 is 23.1 Å². The second-order valence-corrected chi connectivity index (χ2v) is 5.77. The predicted molar refractivity (Wildman–Crippen MR) is 87.1 cm³/mol. The summed E-state index contributed by atoms with van der Waals surface area (Å²) >= 11 is 0. The SMILES string of the molecule is CC=C/C=C(\C=C(/C)C(F)(F)F)[C@@H]1CC[C@@H](C(=O)O)C1.CCC. The van der Waals surface area contributed by atoms with Crippen LogP contribution in [0, 0.1) is 11.8 Å². The lowest BCUT2D eigenvalue weighted by atomic mass is 9.93. The van der Waals surface area contributed by atoms with Gasteiger partial charge in [0.25, 0.3) is 0 Å². The first-order valence-corrected chi connectivity index (χ1v) is 7.98. The van der Waals surface area contributed by atoms with Crippen LogP contribution in [0.1, 0.15) is 53.4 Å². The van der Waals surface area contributed by atoms with Crippen LogP contribution in [0.2, 0.25) is 0 Å². The molecule has 1 aliphatic rings. The van der Waals surface area contributed by atoms with Crippen LogP contribution < -0.4 is 0 Å². The molecule has 0 aromatic carbocycles. The van der Waals surface area contributed by atoms with Gasteiger partial charge in [-0.2, -0.15) is 13.2 Å². The van der Waals surface area contributed by atoms with Crippen molar-refractivity contribution in [1.29, 1.82) is 0 Å². The summed E-state index contributed by atoms with van der Waals surface area (Å²) in [5, 5.41) is 8.97. The molecule has 0 aromatic rings. The molecule has 0 amide bonds.